The van der Waals surface area contributed by atoms with E-state index < -0.39 is 0 Å². The molecule has 34 heavy (non-hydrogen) atoms. The van der Waals surface area contributed by atoms with Crippen LogP contribution >= 0.6 is 11.8 Å². The van der Waals surface area contributed by atoms with Crippen molar-refractivity contribution in [3.8, 4) is 12.3 Å². The maximum absolute atomic E-state index is 11.6. The second-order valence-corrected chi connectivity index (χ2v) is 10.3. The number of nitrogens with two attached hydrogens (primary N) is 1. The van der Waals surface area contributed by atoms with E-state index in [1.807, 2.05) is 4.90 Å². The normalized spacial score (nSPS) is 16.1. The topological polar surface area (TPSA) is 89.9 Å². The van der Waals surface area contributed by atoms with Gasteiger partial charge in [-0.3, -0.25) is 4.79 Å². The molecule has 0 spiro atoms. The first-order valence-corrected chi connectivity index (χ1v) is 12.9. The first kappa shape index (κ1) is 22.7. The number of aromatic nitrogens is 4. The fourth-order valence-electron chi connectivity index (χ4n) is 5.19. The first-order chi connectivity index (χ1) is 16.5. The quantitative estimate of drug-likeness (QED) is 0.542. The van der Waals surface area contributed by atoms with Gasteiger partial charge in [-0.2, -0.15) is 0 Å². The van der Waals surface area contributed by atoms with E-state index in [9.17, 15) is 4.79 Å². The number of terminal acetylenes is 1. The summed E-state index contributed by atoms with van der Waals surface area (Å²) in [6.07, 6.45) is 15.0. The number of nitrogens with zero attached hydrogens (tertiary/aromatic N) is 5. The number of imidazole rings is 1. The molecule has 1 aromatic carbocycles. The Bertz CT molecular complexity index is 1270. The van der Waals surface area contributed by atoms with E-state index in [-0.39, 0.29) is 5.91 Å². The number of rotatable bonds is 6. The number of hydrogen-bond acceptors (Lipinski definition) is 6. The van der Waals surface area contributed by atoms with E-state index in [1.54, 1.807) is 18.7 Å². The molecule has 3 aromatic rings. The van der Waals surface area contributed by atoms with Crippen molar-refractivity contribution < 1.29 is 4.79 Å². The molecule has 1 aliphatic heterocycles. The van der Waals surface area contributed by atoms with Crippen LogP contribution in [0.1, 0.15) is 55.7 Å². The molecule has 0 bridgehead atoms. The third-order valence-corrected chi connectivity index (χ3v) is 8.18. The zero-order valence-corrected chi connectivity index (χ0v) is 20.4. The van der Waals surface area contributed by atoms with Gasteiger partial charge in [-0.1, -0.05) is 17.7 Å². The molecule has 176 valence electrons. The lowest BCUT2D eigenvalue weighted by Gasteiger charge is -2.31. The minimum absolute atomic E-state index is 0.181. The van der Waals surface area contributed by atoms with Crippen LogP contribution in [0, 0.1) is 18.3 Å². The maximum atomic E-state index is 11.6. The number of piperidine rings is 1. The van der Waals surface area contributed by atoms with Crippen LogP contribution in [0.25, 0.3) is 11.2 Å². The Hall–Kier alpha value is -3.05. The number of anilines is 1. The van der Waals surface area contributed by atoms with Gasteiger partial charge < -0.3 is 15.2 Å². The van der Waals surface area contributed by atoms with Crippen molar-refractivity contribution in [2.45, 2.75) is 68.5 Å². The third-order valence-electron chi connectivity index (χ3n) is 7.13. The lowest BCUT2D eigenvalue weighted by Crippen LogP contribution is -2.36. The molecule has 3 heterocycles. The summed E-state index contributed by atoms with van der Waals surface area (Å²) in [5.41, 5.74) is 11.2. The summed E-state index contributed by atoms with van der Waals surface area (Å²) >= 11 is 1.60. The average molecular weight is 475 g/mol. The molecular formula is C26H30N6OS. The average Bonchev–Trinajstić information content (AvgIpc) is 3.44. The SMILES string of the molecule is C#Cc1cc2c(cc1Sc1nc3c(N)ncnc3n1CCCC1CCN(C(C)=O)CC1)CCC2. The predicted molar refractivity (Wildman–Crippen MR) is 134 cm³/mol. The summed E-state index contributed by atoms with van der Waals surface area (Å²) in [4.78, 5) is 28.1. The smallest absolute Gasteiger partial charge is 0.219 e. The van der Waals surface area contributed by atoms with Gasteiger partial charge in [0.15, 0.2) is 22.1 Å². The largest absolute Gasteiger partial charge is 0.382 e. The Balaban J connectivity index is 1.37. The summed E-state index contributed by atoms with van der Waals surface area (Å²) in [5.74, 6) is 4.09. The van der Waals surface area contributed by atoms with E-state index in [2.05, 4.69) is 32.6 Å². The molecule has 8 heteroatoms. The molecule has 0 atom stereocenters. The highest BCUT2D eigenvalue weighted by molar-refractivity contribution is 7.99. The predicted octanol–water partition coefficient (Wildman–Crippen LogP) is 4.07. The van der Waals surface area contributed by atoms with Gasteiger partial charge in [0.05, 0.1) is 0 Å². The number of benzene rings is 1. The molecule has 1 fully saturated rings. The van der Waals surface area contributed by atoms with Crippen LogP contribution in [0.3, 0.4) is 0 Å². The van der Waals surface area contributed by atoms with Crippen LogP contribution in [-0.4, -0.2) is 43.4 Å². The van der Waals surface area contributed by atoms with Crippen LogP contribution in [0.15, 0.2) is 28.5 Å². The molecule has 7 nitrogen and oxygen atoms in total. The summed E-state index contributed by atoms with van der Waals surface area (Å²) in [7, 11) is 0. The number of carbonyl (C=O) groups is 1. The van der Waals surface area contributed by atoms with E-state index >= 15 is 0 Å². The lowest BCUT2D eigenvalue weighted by molar-refractivity contribution is -0.130. The highest BCUT2D eigenvalue weighted by Crippen LogP contribution is 2.36. The van der Waals surface area contributed by atoms with Crippen LogP contribution in [0.4, 0.5) is 5.82 Å². The number of hydrogen-bond donors (Lipinski definition) is 1. The molecule has 1 saturated heterocycles. The number of amides is 1. The van der Waals surface area contributed by atoms with Gasteiger partial charge in [-0.25, -0.2) is 15.0 Å². The van der Waals surface area contributed by atoms with Crippen LogP contribution in [0.5, 0.6) is 0 Å². The minimum Gasteiger partial charge on any atom is -0.382 e. The molecule has 0 unspecified atom stereocenters. The maximum Gasteiger partial charge on any atom is 0.219 e. The second kappa shape index (κ2) is 9.67. The highest BCUT2D eigenvalue weighted by Gasteiger charge is 2.22. The van der Waals surface area contributed by atoms with Gasteiger partial charge in [-0.05, 0) is 74.1 Å². The zero-order chi connectivity index (χ0) is 23.7. The van der Waals surface area contributed by atoms with Crippen LogP contribution < -0.4 is 5.73 Å². The molecule has 0 radical (unpaired) electrons. The van der Waals surface area contributed by atoms with Crippen molar-refractivity contribution in [3.63, 3.8) is 0 Å². The molecule has 0 saturated carbocycles. The van der Waals surface area contributed by atoms with Gasteiger partial charge in [0, 0.05) is 37.0 Å². The minimum atomic E-state index is 0.181. The van der Waals surface area contributed by atoms with Gasteiger partial charge in [0.2, 0.25) is 5.91 Å². The number of likely N-dealkylation sites (tertiary alicyclic amines) is 1. The van der Waals surface area contributed by atoms with Crippen LogP contribution in [-0.2, 0) is 24.2 Å². The van der Waals surface area contributed by atoms with Crippen molar-refractivity contribution >= 4 is 34.7 Å². The molecule has 2 aromatic heterocycles. The third kappa shape index (κ3) is 4.49. The number of aryl methyl sites for hydroxylation is 3. The van der Waals surface area contributed by atoms with Crippen molar-refractivity contribution in [2.24, 2.45) is 5.92 Å². The monoisotopic (exact) mass is 474 g/mol. The fraction of sp³-hybridized carbons (Fsp3) is 0.462. The van der Waals surface area contributed by atoms with Crippen molar-refractivity contribution in [1.29, 1.82) is 0 Å². The lowest BCUT2D eigenvalue weighted by atomic mass is 9.92. The van der Waals surface area contributed by atoms with Gasteiger partial charge in [0.25, 0.3) is 0 Å². The van der Waals surface area contributed by atoms with Crippen molar-refractivity contribution in [2.75, 3.05) is 18.8 Å². The molecule has 2 aliphatic rings. The zero-order valence-electron chi connectivity index (χ0n) is 19.6. The first-order valence-electron chi connectivity index (χ1n) is 12.1. The Kier molecular flexibility index (Phi) is 6.46. The molecule has 5 rings (SSSR count). The second-order valence-electron chi connectivity index (χ2n) is 9.29. The standard InChI is InChI=1S/C26H30N6OS/c1-3-19-14-20-7-4-8-21(20)15-22(19)34-26-30-23-24(27)28-16-29-25(23)32(26)11-5-6-18-9-12-31(13-10-18)17(2)33/h1,14-16,18H,4-13H2,2H3,(H2,27,28,29). The summed E-state index contributed by atoms with van der Waals surface area (Å²) in [6.45, 7) is 4.19. The summed E-state index contributed by atoms with van der Waals surface area (Å²) < 4.78 is 2.16. The van der Waals surface area contributed by atoms with E-state index in [1.165, 1.54) is 23.9 Å². The Morgan fingerprint density at radius 1 is 1.24 bits per heavy atom. The molecule has 1 amide bonds. The van der Waals surface area contributed by atoms with Gasteiger partial charge >= 0.3 is 0 Å². The number of carbonyl (C=O) groups excluding carboxylic acids is 1. The van der Waals surface area contributed by atoms with Gasteiger partial charge in [0.1, 0.15) is 6.33 Å². The fourth-order valence-corrected chi connectivity index (χ4v) is 6.24. The van der Waals surface area contributed by atoms with Gasteiger partial charge in [-0.15, -0.1) is 6.42 Å². The summed E-state index contributed by atoms with van der Waals surface area (Å²) in [5, 5.41) is 0.850. The number of fused-ring (bicyclic) bond motifs is 2. The van der Waals surface area contributed by atoms with E-state index in [0.717, 1.165) is 79.4 Å². The number of nitrogen functional groups attached to an aromatic ring is 1. The summed E-state index contributed by atoms with van der Waals surface area (Å²) in [6, 6.07) is 4.41. The van der Waals surface area contributed by atoms with E-state index in [0.29, 0.717) is 17.3 Å². The van der Waals surface area contributed by atoms with Crippen LogP contribution in [0.2, 0.25) is 0 Å². The molecular weight excluding hydrogens is 444 g/mol. The van der Waals surface area contributed by atoms with E-state index in [4.69, 9.17) is 17.1 Å². The van der Waals surface area contributed by atoms with Crippen molar-refractivity contribution in [3.05, 3.63) is 35.2 Å². The molecule has 1 aliphatic carbocycles. The molecule has 2 N–H and O–H groups in total. The Morgan fingerprint density at radius 2 is 2.00 bits per heavy atom. The Labute approximate surface area is 204 Å². The Morgan fingerprint density at radius 3 is 2.74 bits per heavy atom. The van der Waals surface area contributed by atoms with Crippen molar-refractivity contribution in [1.82, 2.24) is 24.4 Å². The highest BCUT2D eigenvalue weighted by atomic mass is 32.2.